The van der Waals surface area contributed by atoms with Crippen LogP contribution in [0.3, 0.4) is 0 Å². The highest BCUT2D eigenvalue weighted by molar-refractivity contribution is 6.27. The molecule has 1 rings (SSSR count). The van der Waals surface area contributed by atoms with Crippen molar-refractivity contribution >= 4 is 24.5 Å². The van der Waals surface area contributed by atoms with Crippen LogP contribution in [-0.4, -0.2) is 67.3 Å². The number of likely N-dealkylation sites (N-methyl/N-ethyl adjacent to an activating group) is 1. The number of carbonyl (C=O) groups excluding carboxylic acids is 2. The third-order valence-corrected chi connectivity index (χ3v) is 5.73. The van der Waals surface area contributed by atoms with Gasteiger partial charge in [0.05, 0.1) is 6.61 Å². The molecule has 0 aromatic heterocycles. The predicted octanol–water partition coefficient (Wildman–Crippen LogP) is 4.34. The molecule has 0 saturated heterocycles. The largest absolute Gasteiger partial charge is 0.483 e. The van der Waals surface area contributed by atoms with Crippen LogP contribution >= 0.6 is 0 Å². The van der Waals surface area contributed by atoms with Gasteiger partial charge in [-0.3, -0.25) is 14.4 Å². The fourth-order valence-corrected chi connectivity index (χ4v) is 3.79. The molecule has 3 N–H and O–H groups in total. The molecule has 192 valence electrons. The molecular weight excluding hydrogens is 422 g/mol. The summed E-state index contributed by atoms with van der Waals surface area (Å²) >= 11 is 0. The maximum Gasteiger partial charge on any atom is 0.290 e. The number of carbonyl (C=O) groups is 3. The van der Waals surface area contributed by atoms with Crippen molar-refractivity contribution in [1.82, 2.24) is 4.90 Å². The molecule has 1 atom stereocenters. The number of ether oxygens (including phenoxy) is 1. The van der Waals surface area contributed by atoms with Crippen LogP contribution in [0.1, 0.15) is 107 Å². The highest BCUT2D eigenvalue weighted by Gasteiger charge is 2.17. The Hall–Kier alpha value is -1.96. The van der Waals surface area contributed by atoms with Crippen LogP contribution in [0, 0.1) is 0 Å². The van der Waals surface area contributed by atoms with Crippen molar-refractivity contribution in [2.24, 2.45) is 10.7 Å². The third kappa shape index (κ3) is 19.2. The first-order valence-corrected chi connectivity index (χ1v) is 12.5. The van der Waals surface area contributed by atoms with E-state index in [1.54, 1.807) is 0 Å². The minimum Gasteiger partial charge on any atom is -0.483 e. The quantitative estimate of drug-likeness (QED) is 0.452. The molecule has 8 heteroatoms. The van der Waals surface area contributed by atoms with Crippen LogP contribution in [0.25, 0.3) is 0 Å². The van der Waals surface area contributed by atoms with Gasteiger partial charge in [0.2, 0.25) is 5.78 Å². The van der Waals surface area contributed by atoms with E-state index in [-0.39, 0.29) is 31.9 Å². The number of nitrogens with zero attached hydrogens (tertiary/aromatic N) is 2. The minimum atomic E-state index is -2.50. The standard InChI is InChI=1S/C24H45N3O3.CH2O2/c1-27-18-20-30-19-16-14-12-10-8-6-4-2-3-5-7-9-11-13-15-17-22(23(29)21-28)26-24(27)25;2-1-3/h21-22H,2-20H2,1H3,(H2,25,26);1H,(H,2,3)/i1D3;. The van der Waals surface area contributed by atoms with Crippen molar-refractivity contribution < 1.29 is 28.3 Å². The monoisotopic (exact) mass is 472 g/mol. The van der Waals surface area contributed by atoms with E-state index in [2.05, 4.69) is 4.99 Å². The lowest BCUT2D eigenvalue weighted by molar-refractivity contribution is -0.130. The van der Waals surface area contributed by atoms with E-state index in [0.29, 0.717) is 13.0 Å². The summed E-state index contributed by atoms with van der Waals surface area (Å²) in [4.78, 5) is 36.6. The summed E-state index contributed by atoms with van der Waals surface area (Å²) in [7, 11) is 0. The van der Waals surface area contributed by atoms with E-state index in [1.165, 1.54) is 64.2 Å². The molecule has 0 aromatic carbocycles. The summed E-state index contributed by atoms with van der Waals surface area (Å²) in [5, 5.41) is 6.89. The first kappa shape index (κ1) is 25.7. The normalized spacial score (nSPS) is 23.6. The van der Waals surface area contributed by atoms with Gasteiger partial charge in [0.1, 0.15) is 6.04 Å². The molecule has 0 amide bonds. The molecule has 1 aliphatic heterocycles. The predicted molar refractivity (Wildman–Crippen MR) is 132 cm³/mol. The van der Waals surface area contributed by atoms with Gasteiger partial charge in [0, 0.05) is 24.2 Å². The first-order valence-electron chi connectivity index (χ1n) is 14.0. The molecular formula is C25H47N3O5. The van der Waals surface area contributed by atoms with E-state index in [0.717, 1.165) is 37.0 Å². The van der Waals surface area contributed by atoms with Gasteiger partial charge in [-0.2, -0.15) is 0 Å². The molecule has 0 saturated carbocycles. The topological polar surface area (TPSA) is 122 Å². The fraction of sp³-hybridized carbons (Fsp3) is 0.840. The average molecular weight is 473 g/mol. The van der Waals surface area contributed by atoms with Crippen molar-refractivity contribution in [3.05, 3.63) is 0 Å². The van der Waals surface area contributed by atoms with Crippen LogP contribution in [-0.2, 0) is 19.1 Å². The number of hydrogen-bond acceptors (Lipinski definition) is 7. The van der Waals surface area contributed by atoms with Gasteiger partial charge in [-0.15, -0.1) is 0 Å². The van der Waals surface area contributed by atoms with Gasteiger partial charge in [-0.25, -0.2) is 4.99 Å². The van der Waals surface area contributed by atoms with E-state index >= 15 is 0 Å². The first-order chi connectivity index (χ1) is 17.3. The van der Waals surface area contributed by atoms with E-state index < -0.39 is 18.8 Å². The van der Waals surface area contributed by atoms with Crippen LogP contribution in [0.2, 0.25) is 0 Å². The molecule has 1 heterocycles. The second kappa shape index (κ2) is 23.2. The third-order valence-electron chi connectivity index (χ3n) is 5.73. The SMILES string of the molecule is O=CO.[2H]C([2H])([2H])N1CCOCCCCCCCCCCCCCCCCCC(C(=O)C=O)N=C1N. The minimum absolute atomic E-state index is 0.0494. The molecule has 0 aromatic rings. The van der Waals surface area contributed by atoms with Gasteiger partial charge in [0.15, 0.2) is 12.2 Å². The second-order valence-corrected chi connectivity index (χ2v) is 8.48. The zero-order valence-corrected chi connectivity index (χ0v) is 20.2. The van der Waals surface area contributed by atoms with Gasteiger partial charge >= 0.3 is 0 Å². The molecule has 0 bridgehead atoms. The van der Waals surface area contributed by atoms with Gasteiger partial charge in [-0.1, -0.05) is 89.9 Å². The number of nitrogens with two attached hydrogens (primary N) is 1. The molecule has 0 radical (unpaired) electrons. The van der Waals surface area contributed by atoms with Gasteiger partial charge in [0.25, 0.3) is 6.47 Å². The number of guanidine groups is 1. The number of ketones is 1. The number of carboxylic acid groups (broad SMARTS) is 1. The van der Waals surface area contributed by atoms with Crippen molar-refractivity contribution in [3.8, 4) is 0 Å². The fourth-order valence-electron chi connectivity index (χ4n) is 3.79. The molecule has 0 fully saturated rings. The molecule has 1 unspecified atom stereocenters. The Morgan fingerprint density at radius 2 is 1.39 bits per heavy atom. The van der Waals surface area contributed by atoms with Crippen molar-refractivity contribution in [1.29, 1.82) is 0 Å². The molecule has 1 aliphatic rings. The number of aldehydes is 1. The number of aliphatic imine (C=N–C) groups is 1. The smallest absolute Gasteiger partial charge is 0.290 e. The molecule has 33 heavy (non-hydrogen) atoms. The maximum atomic E-state index is 12.1. The Labute approximate surface area is 204 Å². The number of hydrogen-bond donors (Lipinski definition) is 2. The Morgan fingerprint density at radius 1 is 0.939 bits per heavy atom. The van der Waals surface area contributed by atoms with Crippen molar-refractivity contribution in [3.63, 3.8) is 0 Å². The molecule has 0 spiro atoms. The van der Waals surface area contributed by atoms with Crippen LogP contribution in [0.5, 0.6) is 0 Å². The van der Waals surface area contributed by atoms with Gasteiger partial charge in [-0.05, 0) is 12.8 Å². The van der Waals surface area contributed by atoms with E-state index in [9.17, 15) is 9.59 Å². The average Bonchev–Trinajstić information content (AvgIpc) is 2.82. The highest BCUT2D eigenvalue weighted by Crippen LogP contribution is 2.15. The Kier molecular flexibility index (Phi) is 18.0. The lowest BCUT2D eigenvalue weighted by atomic mass is 10.0. The van der Waals surface area contributed by atoms with Crippen LogP contribution in [0.4, 0.5) is 0 Å². The summed E-state index contributed by atoms with van der Waals surface area (Å²) in [6.07, 6.45) is 18.2. The van der Waals surface area contributed by atoms with E-state index in [4.69, 9.17) is 24.5 Å². The second-order valence-electron chi connectivity index (χ2n) is 8.48. The van der Waals surface area contributed by atoms with Gasteiger partial charge < -0.3 is 20.5 Å². The molecule has 8 nitrogen and oxygen atoms in total. The van der Waals surface area contributed by atoms with Crippen molar-refractivity contribution in [2.75, 3.05) is 26.7 Å². The zero-order valence-electron chi connectivity index (χ0n) is 23.2. The van der Waals surface area contributed by atoms with E-state index in [1.807, 2.05) is 0 Å². The van der Waals surface area contributed by atoms with Crippen molar-refractivity contribution in [2.45, 2.75) is 109 Å². The summed E-state index contributed by atoms with van der Waals surface area (Å²) < 4.78 is 28.9. The maximum absolute atomic E-state index is 12.1. The molecule has 0 aliphatic carbocycles. The Morgan fingerprint density at radius 3 is 1.85 bits per heavy atom. The highest BCUT2D eigenvalue weighted by atomic mass is 16.5. The van der Waals surface area contributed by atoms with Crippen LogP contribution in [0.15, 0.2) is 4.99 Å². The van der Waals surface area contributed by atoms with Crippen LogP contribution < -0.4 is 5.73 Å². The Balaban J connectivity index is 0.00000387. The number of rotatable bonds is 2. The Bertz CT molecular complexity index is 618. The summed E-state index contributed by atoms with van der Waals surface area (Å²) in [6, 6.07) is -0.932. The summed E-state index contributed by atoms with van der Waals surface area (Å²) in [6.45, 7) is -1.91. The summed E-state index contributed by atoms with van der Waals surface area (Å²) in [5.41, 5.74) is 5.99. The zero-order chi connectivity index (χ0) is 27.1. The summed E-state index contributed by atoms with van der Waals surface area (Å²) in [5.74, 6) is -0.908. The number of Topliss-reactive ketones (excluding diaryl/α,β-unsaturated/α-hetero) is 1. The lowest BCUT2D eigenvalue weighted by Gasteiger charge is -2.20. The lowest BCUT2D eigenvalue weighted by Crippen LogP contribution is -2.38.